The fraction of sp³-hybridized carbons (Fsp3) is 0.125. The Kier molecular flexibility index (Phi) is 5.57. The van der Waals surface area contributed by atoms with E-state index in [0.29, 0.717) is 11.0 Å². The lowest BCUT2D eigenvalue weighted by Crippen LogP contribution is -2.39. The molecule has 2 N–H and O–H groups in total. The molecule has 1 aromatic heterocycles. The van der Waals surface area contributed by atoms with E-state index < -0.39 is 17.0 Å². The highest BCUT2D eigenvalue weighted by Gasteiger charge is 2.22. The molecule has 0 aliphatic rings. The van der Waals surface area contributed by atoms with E-state index in [1.54, 1.807) is 24.3 Å². The standard InChI is InChI=1S/C24H21N3O3/c28-22(21(17-9-3-1-4-10-17)18-11-5-2-6-12-18)25-15-16-27-20-14-8-7-13-19(20)26-23(29)24(27)30/h1-14,21H,15-16H2,(H,25,28)(H,26,29). The molecular weight excluding hydrogens is 378 g/mol. The summed E-state index contributed by atoms with van der Waals surface area (Å²) in [5, 5.41) is 2.93. The maximum absolute atomic E-state index is 13.1. The van der Waals surface area contributed by atoms with Gasteiger partial charge in [0.05, 0.1) is 17.0 Å². The van der Waals surface area contributed by atoms with Crippen molar-refractivity contribution in [1.82, 2.24) is 14.9 Å². The number of para-hydroxylation sites is 2. The van der Waals surface area contributed by atoms with Gasteiger partial charge in [-0.05, 0) is 23.3 Å². The predicted molar refractivity (Wildman–Crippen MR) is 117 cm³/mol. The van der Waals surface area contributed by atoms with Gasteiger partial charge in [0.15, 0.2) is 0 Å². The number of H-pyrrole nitrogens is 1. The lowest BCUT2D eigenvalue weighted by molar-refractivity contribution is -0.121. The van der Waals surface area contributed by atoms with Crippen LogP contribution in [0.3, 0.4) is 0 Å². The molecule has 0 saturated heterocycles. The summed E-state index contributed by atoms with van der Waals surface area (Å²) in [6.45, 7) is 0.424. The van der Waals surface area contributed by atoms with Crippen molar-refractivity contribution in [3.63, 3.8) is 0 Å². The number of aromatic amines is 1. The van der Waals surface area contributed by atoms with Gasteiger partial charge in [0.25, 0.3) is 0 Å². The minimum Gasteiger partial charge on any atom is -0.353 e. The number of nitrogens with zero attached hydrogens (tertiary/aromatic N) is 1. The number of fused-ring (bicyclic) bond motifs is 1. The second-order valence-electron chi connectivity index (χ2n) is 6.97. The first-order valence-corrected chi connectivity index (χ1v) is 9.74. The van der Waals surface area contributed by atoms with Crippen molar-refractivity contribution in [3.05, 3.63) is 117 Å². The van der Waals surface area contributed by atoms with Crippen molar-refractivity contribution in [2.75, 3.05) is 6.54 Å². The molecule has 0 saturated carbocycles. The van der Waals surface area contributed by atoms with Gasteiger partial charge in [0.2, 0.25) is 5.91 Å². The zero-order valence-corrected chi connectivity index (χ0v) is 16.2. The summed E-state index contributed by atoms with van der Waals surface area (Å²) < 4.78 is 1.40. The first-order chi connectivity index (χ1) is 14.6. The number of benzene rings is 3. The van der Waals surface area contributed by atoms with E-state index in [9.17, 15) is 14.4 Å². The summed E-state index contributed by atoms with van der Waals surface area (Å²) in [7, 11) is 0. The van der Waals surface area contributed by atoms with Crippen molar-refractivity contribution < 1.29 is 4.79 Å². The molecule has 0 radical (unpaired) electrons. The Bertz CT molecular complexity index is 1240. The van der Waals surface area contributed by atoms with E-state index in [1.165, 1.54) is 4.57 Å². The molecule has 3 aromatic carbocycles. The Morgan fingerprint density at radius 3 is 2.03 bits per heavy atom. The number of hydrogen-bond donors (Lipinski definition) is 2. The maximum Gasteiger partial charge on any atom is 0.316 e. The van der Waals surface area contributed by atoms with Gasteiger partial charge in [0, 0.05) is 13.1 Å². The van der Waals surface area contributed by atoms with Crippen LogP contribution < -0.4 is 16.4 Å². The molecule has 0 spiro atoms. The highest BCUT2D eigenvalue weighted by molar-refractivity contribution is 5.87. The quantitative estimate of drug-likeness (QED) is 0.489. The van der Waals surface area contributed by atoms with Crippen molar-refractivity contribution in [2.24, 2.45) is 0 Å². The van der Waals surface area contributed by atoms with Crippen LogP contribution in [0.5, 0.6) is 0 Å². The van der Waals surface area contributed by atoms with Crippen LogP contribution in [-0.4, -0.2) is 22.0 Å². The summed E-state index contributed by atoms with van der Waals surface area (Å²) in [5.74, 6) is -0.616. The third-order valence-electron chi connectivity index (χ3n) is 5.05. The molecule has 0 aliphatic heterocycles. The van der Waals surface area contributed by atoms with Crippen LogP contribution in [0.1, 0.15) is 17.0 Å². The van der Waals surface area contributed by atoms with Crippen LogP contribution in [0.25, 0.3) is 11.0 Å². The highest BCUT2D eigenvalue weighted by Crippen LogP contribution is 2.24. The van der Waals surface area contributed by atoms with Gasteiger partial charge in [-0.2, -0.15) is 0 Å². The fourth-order valence-corrected chi connectivity index (χ4v) is 3.62. The molecule has 0 fully saturated rings. The van der Waals surface area contributed by atoms with Crippen molar-refractivity contribution in [3.8, 4) is 0 Å². The molecule has 0 bridgehead atoms. The van der Waals surface area contributed by atoms with Crippen LogP contribution >= 0.6 is 0 Å². The minimum atomic E-state index is -0.675. The molecule has 6 heteroatoms. The van der Waals surface area contributed by atoms with E-state index in [4.69, 9.17) is 0 Å². The highest BCUT2D eigenvalue weighted by atomic mass is 16.2. The lowest BCUT2D eigenvalue weighted by Gasteiger charge is -2.18. The van der Waals surface area contributed by atoms with E-state index in [0.717, 1.165) is 11.1 Å². The van der Waals surface area contributed by atoms with E-state index in [2.05, 4.69) is 10.3 Å². The van der Waals surface area contributed by atoms with Gasteiger partial charge in [-0.3, -0.25) is 14.4 Å². The first-order valence-electron chi connectivity index (χ1n) is 9.74. The Labute approximate surface area is 172 Å². The molecule has 4 rings (SSSR count). The van der Waals surface area contributed by atoms with Gasteiger partial charge in [-0.25, -0.2) is 0 Å². The molecule has 1 heterocycles. The van der Waals surface area contributed by atoms with Crippen molar-refractivity contribution in [2.45, 2.75) is 12.5 Å². The lowest BCUT2D eigenvalue weighted by atomic mass is 9.90. The molecule has 4 aromatic rings. The molecule has 150 valence electrons. The van der Waals surface area contributed by atoms with Gasteiger partial charge < -0.3 is 14.9 Å². The van der Waals surface area contributed by atoms with Crippen LogP contribution in [0.15, 0.2) is 94.5 Å². The molecule has 0 aliphatic carbocycles. The topological polar surface area (TPSA) is 84.0 Å². The monoisotopic (exact) mass is 399 g/mol. The average molecular weight is 399 g/mol. The Balaban J connectivity index is 1.57. The predicted octanol–water partition coefficient (Wildman–Crippen LogP) is 2.64. The van der Waals surface area contributed by atoms with E-state index >= 15 is 0 Å². The van der Waals surface area contributed by atoms with Crippen LogP contribution in [0.2, 0.25) is 0 Å². The van der Waals surface area contributed by atoms with Crippen LogP contribution in [-0.2, 0) is 11.3 Å². The zero-order chi connectivity index (χ0) is 20.9. The van der Waals surface area contributed by atoms with Gasteiger partial charge >= 0.3 is 11.1 Å². The number of hydrogen-bond acceptors (Lipinski definition) is 3. The SMILES string of the molecule is O=C(NCCn1c(=O)c(=O)[nH]c2ccccc21)C(c1ccccc1)c1ccccc1. The molecule has 1 amide bonds. The number of carbonyl (C=O) groups is 1. The van der Waals surface area contributed by atoms with Crippen LogP contribution in [0.4, 0.5) is 0 Å². The van der Waals surface area contributed by atoms with Crippen LogP contribution in [0, 0.1) is 0 Å². The largest absolute Gasteiger partial charge is 0.353 e. The summed E-state index contributed by atoms with van der Waals surface area (Å²) in [4.78, 5) is 40.0. The number of amides is 1. The Morgan fingerprint density at radius 2 is 1.40 bits per heavy atom. The summed E-state index contributed by atoms with van der Waals surface area (Å²) in [6, 6.07) is 26.2. The van der Waals surface area contributed by atoms with Crippen molar-refractivity contribution in [1.29, 1.82) is 0 Å². The molecule has 0 unspecified atom stereocenters. The number of carbonyl (C=O) groups excluding carboxylic acids is 1. The number of aromatic nitrogens is 2. The maximum atomic E-state index is 13.1. The molecular formula is C24H21N3O3. The Morgan fingerprint density at radius 1 is 0.833 bits per heavy atom. The molecule has 6 nitrogen and oxygen atoms in total. The minimum absolute atomic E-state index is 0.158. The summed E-state index contributed by atoms with van der Waals surface area (Å²) in [5.41, 5.74) is 1.68. The van der Waals surface area contributed by atoms with Gasteiger partial charge in [-0.15, -0.1) is 0 Å². The molecule has 0 atom stereocenters. The second-order valence-corrected chi connectivity index (χ2v) is 6.97. The van der Waals surface area contributed by atoms with Gasteiger partial charge in [-0.1, -0.05) is 72.8 Å². The smallest absolute Gasteiger partial charge is 0.316 e. The third-order valence-corrected chi connectivity index (χ3v) is 5.05. The number of rotatable bonds is 6. The second kappa shape index (κ2) is 8.61. The summed E-state index contributed by atoms with van der Waals surface area (Å²) >= 11 is 0. The molecule has 30 heavy (non-hydrogen) atoms. The third kappa shape index (κ3) is 3.93. The fourth-order valence-electron chi connectivity index (χ4n) is 3.62. The normalized spacial score (nSPS) is 11.0. The average Bonchev–Trinajstić information content (AvgIpc) is 2.78. The van der Waals surface area contributed by atoms with Crippen molar-refractivity contribution >= 4 is 16.9 Å². The Hall–Kier alpha value is -3.93. The first kappa shape index (κ1) is 19.4. The van der Waals surface area contributed by atoms with E-state index in [-0.39, 0.29) is 19.0 Å². The summed E-state index contributed by atoms with van der Waals surface area (Å²) in [6.07, 6.45) is 0. The van der Waals surface area contributed by atoms with E-state index in [1.807, 2.05) is 60.7 Å². The number of nitrogens with one attached hydrogen (secondary N) is 2. The zero-order valence-electron chi connectivity index (χ0n) is 16.2. The van der Waals surface area contributed by atoms with Gasteiger partial charge in [0.1, 0.15) is 0 Å².